The van der Waals surface area contributed by atoms with Crippen LogP contribution in [0, 0.1) is 0 Å². The van der Waals surface area contributed by atoms with Gasteiger partial charge < -0.3 is 15.4 Å². The predicted octanol–water partition coefficient (Wildman–Crippen LogP) is 1.60. The highest BCUT2D eigenvalue weighted by Gasteiger charge is 2.17. The van der Waals surface area contributed by atoms with Gasteiger partial charge in [-0.2, -0.15) is 12.6 Å². The number of hydrogen-bond acceptors (Lipinski definition) is 4. The molecule has 1 unspecified atom stereocenters. The number of hydrogen-bond donors (Lipinski definition) is 3. The summed E-state index contributed by atoms with van der Waals surface area (Å²) in [4.78, 5) is 11.2. The van der Waals surface area contributed by atoms with Gasteiger partial charge in [-0.1, -0.05) is 6.07 Å². The molecule has 2 N–H and O–H groups in total. The molecule has 4 nitrogen and oxygen atoms in total. The van der Waals surface area contributed by atoms with Gasteiger partial charge in [-0.3, -0.25) is 4.79 Å². The van der Waals surface area contributed by atoms with Crippen molar-refractivity contribution in [2.24, 2.45) is 0 Å². The van der Waals surface area contributed by atoms with Gasteiger partial charge in [0.2, 0.25) is 0 Å². The van der Waals surface area contributed by atoms with Gasteiger partial charge in [0.15, 0.2) is 6.61 Å². The maximum atomic E-state index is 11.2. The summed E-state index contributed by atoms with van der Waals surface area (Å²) < 4.78 is 5.32. The van der Waals surface area contributed by atoms with E-state index in [0.29, 0.717) is 0 Å². The van der Waals surface area contributed by atoms with Crippen LogP contribution in [0.4, 0.5) is 5.69 Å². The number of carbonyl (C=O) groups excluding carboxylic acids is 1. The van der Waals surface area contributed by atoms with Crippen LogP contribution in [0.2, 0.25) is 0 Å². The summed E-state index contributed by atoms with van der Waals surface area (Å²) in [5, 5.41) is 6.05. The second kappa shape index (κ2) is 5.42. The van der Waals surface area contributed by atoms with Crippen molar-refractivity contribution in [1.82, 2.24) is 5.32 Å². The minimum atomic E-state index is -0.107. The number of benzene rings is 1. The Morgan fingerprint density at radius 3 is 3.12 bits per heavy atom. The summed E-state index contributed by atoms with van der Waals surface area (Å²) in [6, 6.07) is 6.11. The molecule has 1 aromatic rings. The third kappa shape index (κ3) is 2.73. The van der Waals surface area contributed by atoms with Gasteiger partial charge in [-0.05, 0) is 36.9 Å². The fourth-order valence-electron chi connectivity index (χ4n) is 1.92. The molecule has 1 amide bonds. The minimum absolute atomic E-state index is 0.0957. The number of nitrogens with one attached hydrogen (secondary N) is 2. The molecule has 0 radical (unpaired) electrons. The molecule has 5 heteroatoms. The van der Waals surface area contributed by atoms with E-state index in [1.54, 1.807) is 0 Å². The normalized spacial score (nSPS) is 15.8. The van der Waals surface area contributed by atoms with E-state index in [1.807, 2.05) is 25.2 Å². The molecule has 1 atom stereocenters. The maximum absolute atomic E-state index is 11.2. The fourth-order valence-corrected chi connectivity index (χ4v) is 2.18. The third-order valence-electron chi connectivity index (χ3n) is 2.81. The highest BCUT2D eigenvalue weighted by atomic mass is 32.1. The van der Waals surface area contributed by atoms with Gasteiger partial charge in [-0.15, -0.1) is 0 Å². The van der Waals surface area contributed by atoms with Crippen LogP contribution in [0.5, 0.6) is 5.75 Å². The molecule has 17 heavy (non-hydrogen) atoms. The third-order valence-corrected chi connectivity index (χ3v) is 3.06. The van der Waals surface area contributed by atoms with Crippen molar-refractivity contribution in [2.75, 3.05) is 24.7 Å². The monoisotopic (exact) mass is 252 g/mol. The van der Waals surface area contributed by atoms with Crippen LogP contribution in [0.3, 0.4) is 0 Å². The highest BCUT2D eigenvalue weighted by molar-refractivity contribution is 7.80. The number of amides is 1. The van der Waals surface area contributed by atoms with Gasteiger partial charge in [-0.25, -0.2) is 0 Å². The fraction of sp³-hybridized carbons (Fsp3) is 0.417. The van der Waals surface area contributed by atoms with Gasteiger partial charge in [0, 0.05) is 6.04 Å². The van der Waals surface area contributed by atoms with Crippen LogP contribution in [0.15, 0.2) is 18.2 Å². The molecular formula is C12H16N2O2S. The van der Waals surface area contributed by atoms with Crippen LogP contribution < -0.4 is 15.4 Å². The van der Waals surface area contributed by atoms with Crippen molar-refractivity contribution < 1.29 is 9.53 Å². The first-order valence-electron chi connectivity index (χ1n) is 5.59. The van der Waals surface area contributed by atoms with E-state index in [9.17, 15) is 4.79 Å². The first-order valence-corrected chi connectivity index (χ1v) is 6.22. The SMILES string of the molecule is CNC(CCS)c1ccc2c(c1)NC(=O)CO2. The first kappa shape index (κ1) is 12.3. The van der Waals surface area contributed by atoms with Gasteiger partial charge >= 0.3 is 0 Å². The van der Waals surface area contributed by atoms with E-state index in [0.717, 1.165) is 29.2 Å². The number of ether oxygens (including phenoxy) is 1. The molecule has 0 spiro atoms. The molecule has 92 valence electrons. The Morgan fingerprint density at radius 2 is 2.41 bits per heavy atom. The Hall–Kier alpha value is -1.20. The standard InChI is InChI=1S/C12H16N2O2S/c1-13-9(4-5-17)8-2-3-11-10(6-8)14-12(15)7-16-11/h2-3,6,9,13,17H,4-5,7H2,1H3,(H,14,15). The molecule has 2 rings (SSSR count). The summed E-state index contributed by atoms with van der Waals surface area (Å²) in [6.45, 7) is 0.0957. The van der Waals surface area contributed by atoms with E-state index >= 15 is 0 Å². The molecule has 0 aromatic heterocycles. The van der Waals surface area contributed by atoms with Crippen LogP contribution in [-0.2, 0) is 4.79 Å². The molecule has 0 saturated carbocycles. The molecule has 1 aliphatic heterocycles. The smallest absolute Gasteiger partial charge is 0.262 e. The van der Waals surface area contributed by atoms with Crippen molar-refractivity contribution in [1.29, 1.82) is 0 Å². The number of carbonyl (C=O) groups is 1. The van der Waals surface area contributed by atoms with Crippen LogP contribution in [0.25, 0.3) is 0 Å². The van der Waals surface area contributed by atoms with Gasteiger partial charge in [0.25, 0.3) is 5.91 Å². The molecule has 1 aromatic carbocycles. The molecular weight excluding hydrogens is 236 g/mol. The van der Waals surface area contributed by atoms with E-state index in [-0.39, 0.29) is 18.6 Å². The maximum Gasteiger partial charge on any atom is 0.262 e. The zero-order chi connectivity index (χ0) is 12.3. The summed E-state index contributed by atoms with van der Waals surface area (Å²) in [5.74, 6) is 1.43. The first-order chi connectivity index (χ1) is 8.24. The van der Waals surface area contributed by atoms with Crippen LogP contribution in [-0.4, -0.2) is 25.3 Å². The zero-order valence-electron chi connectivity index (χ0n) is 9.69. The molecule has 0 bridgehead atoms. The van der Waals surface area contributed by atoms with Crippen molar-refractivity contribution in [3.63, 3.8) is 0 Å². The lowest BCUT2D eigenvalue weighted by Gasteiger charge is -2.21. The van der Waals surface area contributed by atoms with E-state index in [1.165, 1.54) is 0 Å². The number of rotatable bonds is 4. The zero-order valence-corrected chi connectivity index (χ0v) is 10.6. The molecule has 0 fully saturated rings. The number of anilines is 1. The van der Waals surface area contributed by atoms with Crippen molar-refractivity contribution >= 4 is 24.2 Å². The number of thiol groups is 1. The second-order valence-corrected chi connectivity index (χ2v) is 4.39. The minimum Gasteiger partial charge on any atom is -0.482 e. The number of fused-ring (bicyclic) bond motifs is 1. The molecule has 1 aliphatic rings. The summed E-state index contributed by atoms with van der Waals surface area (Å²) in [5.41, 5.74) is 1.88. The van der Waals surface area contributed by atoms with E-state index in [2.05, 4.69) is 23.3 Å². The Labute approximate surface area is 106 Å². The predicted molar refractivity (Wildman–Crippen MR) is 70.8 cm³/mol. The summed E-state index contributed by atoms with van der Waals surface area (Å²) in [7, 11) is 1.92. The van der Waals surface area contributed by atoms with Crippen LogP contribution >= 0.6 is 12.6 Å². The van der Waals surface area contributed by atoms with E-state index < -0.39 is 0 Å². The molecule has 0 saturated heterocycles. The Morgan fingerprint density at radius 1 is 1.59 bits per heavy atom. The largest absolute Gasteiger partial charge is 0.482 e. The van der Waals surface area contributed by atoms with Gasteiger partial charge in [0.1, 0.15) is 5.75 Å². The lowest BCUT2D eigenvalue weighted by atomic mass is 10.0. The summed E-state index contributed by atoms with van der Waals surface area (Å²) >= 11 is 4.24. The Kier molecular flexibility index (Phi) is 3.91. The Balaban J connectivity index is 2.25. The van der Waals surface area contributed by atoms with Crippen molar-refractivity contribution in [2.45, 2.75) is 12.5 Å². The lowest BCUT2D eigenvalue weighted by Crippen LogP contribution is -2.26. The molecule has 1 heterocycles. The second-order valence-electron chi connectivity index (χ2n) is 3.95. The Bertz CT molecular complexity index is 423. The lowest BCUT2D eigenvalue weighted by molar-refractivity contribution is -0.118. The summed E-state index contributed by atoms with van der Waals surface area (Å²) in [6.07, 6.45) is 0.938. The molecule has 0 aliphatic carbocycles. The van der Waals surface area contributed by atoms with E-state index in [4.69, 9.17) is 4.74 Å². The van der Waals surface area contributed by atoms with Crippen molar-refractivity contribution in [3.05, 3.63) is 23.8 Å². The average Bonchev–Trinajstić information content (AvgIpc) is 2.35. The van der Waals surface area contributed by atoms with Crippen molar-refractivity contribution in [3.8, 4) is 5.75 Å². The topological polar surface area (TPSA) is 50.4 Å². The van der Waals surface area contributed by atoms with Gasteiger partial charge in [0.05, 0.1) is 5.69 Å². The highest BCUT2D eigenvalue weighted by Crippen LogP contribution is 2.31. The van der Waals surface area contributed by atoms with Crippen LogP contribution in [0.1, 0.15) is 18.0 Å². The average molecular weight is 252 g/mol. The quantitative estimate of drug-likeness (QED) is 0.713.